The first-order chi connectivity index (χ1) is 20.5. The lowest BCUT2D eigenvalue weighted by atomic mass is 9.87. The number of rotatable bonds is 9. The van der Waals surface area contributed by atoms with Crippen LogP contribution in [0.2, 0.25) is 10.0 Å². The van der Waals surface area contributed by atoms with Crippen LogP contribution in [0.3, 0.4) is 0 Å². The van der Waals surface area contributed by atoms with Crippen molar-refractivity contribution < 1.29 is 17.9 Å². The standard InChI is InChI=1S/C31H45Cl2N5O4S/c1-22-10-11-26(32)31(30(22)33)43(40,41)38-18-17-37-14-6-9-27(37)28(38)20-42-21-29(39)35(4)24-7-5-8-25(19-24)36-15-12-23(13-16-36)34(2)3/h6,9-11,14,23-25,28H,5,7-8,12-13,15-21H2,1-4H3/t24-,25+,28?/m1/s1. The number of halogens is 2. The largest absolute Gasteiger partial charge is 0.370 e. The molecule has 43 heavy (non-hydrogen) atoms. The van der Waals surface area contributed by atoms with Gasteiger partial charge < -0.3 is 24.0 Å². The Hall–Kier alpha value is -1.66. The second-order valence-electron chi connectivity index (χ2n) is 12.5. The number of carbonyl (C=O) groups excluding carboxylic acids is 1. The van der Waals surface area contributed by atoms with Crippen LogP contribution in [-0.4, -0.2) is 110 Å². The number of benzene rings is 1. The first-order valence-electron chi connectivity index (χ1n) is 15.3. The molecule has 2 fully saturated rings. The van der Waals surface area contributed by atoms with Crippen LogP contribution in [0.5, 0.6) is 0 Å². The van der Waals surface area contributed by atoms with Gasteiger partial charge in [0.25, 0.3) is 0 Å². The summed E-state index contributed by atoms with van der Waals surface area (Å²) in [7, 11) is 2.15. The number of fused-ring (bicyclic) bond motifs is 1. The van der Waals surface area contributed by atoms with Crippen LogP contribution in [0.15, 0.2) is 35.4 Å². The number of ether oxygens (including phenoxy) is 1. The average Bonchev–Trinajstić information content (AvgIpc) is 3.48. The molecule has 9 nitrogen and oxygen atoms in total. The van der Waals surface area contributed by atoms with Crippen molar-refractivity contribution in [3.05, 3.63) is 51.8 Å². The summed E-state index contributed by atoms with van der Waals surface area (Å²) in [5, 5.41) is 0.207. The van der Waals surface area contributed by atoms with Crippen molar-refractivity contribution in [3.8, 4) is 0 Å². The van der Waals surface area contributed by atoms with Gasteiger partial charge in [0.05, 0.1) is 22.7 Å². The van der Waals surface area contributed by atoms with Crippen molar-refractivity contribution in [2.24, 2.45) is 0 Å². The molecular formula is C31H45Cl2N5O4S. The zero-order valence-electron chi connectivity index (χ0n) is 25.7. The van der Waals surface area contributed by atoms with Gasteiger partial charge >= 0.3 is 0 Å². The van der Waals surface area contributed by atoms with Crippen LogP contribution in [0.4, 0.5) is 0 Å². The number of aromatic nitrogens is 1. The van der Waals surface area contributed by atoms with Crippen molar-refractivity contribution in [1.29, 1.82) is 0 Å². The molecule has 2 aromatic rings. The minimum absolute atomic E-state index is 0.0397. The van der Waals surface area contributed by atoms with Crippen molar-refractivity contribution >= 4 is 39.1 Å². The zero-order valence-corrected chi connectivity index (χ0v) is 28.0. The number of hydrogen-bond donors (Lipinski definition) is 0. The molecule has 1 aliphatic carbocycles. The van der Waals surface area contributed by atoms with E-state index >= 15 is 0 Å². The third kappa shape index (κ3) is 6.95. The Bertz CT molecular complexity index is 1390. The van der Waals surface area contributed by atoms with E-state index in [1.807, 2.05) is 34.8 Å². The quantitative estimate of drug-likeness (QED) is 0.392. The second-order valence-corrected chi connectivity index (χ2v) is 15.1. The molecule has 3 atom stereocenters. The van der Waals surface area contributed by atoms with Gasteiger partial charge in [-0.3, -0.25) is 4.79 Å². The summed E-state index contributed by atoms with van der Waals surface area (Å²) >= 11 is 12.9. The number of hydrogen-bond acceptors (Lipinski definition) is 6. The minimum atomic E-state index is -4.05. The van der Waals surface area contributed by atoms with Crippen molar-refractivity contribution in [1.82, 2.24) is 23.6 Å². The number of piperidine rings is 1. The minimum Gasteiger partial charge on any atom is -0.370 e. The Morgan fingerprint density at radius 2 is 1.74 bits per heavy atom. The molecule has 3 heterocycles. The van der Waals surface area contributed by atoms with E-state index in [1.165, 1.54) is 23.6 Å². The molecule has 1 saturated carbocycles. The van der Waals surface area contributed by atoms with Crippen LogP contribution in [-0.2, 0) is 26.1 Å². The lowest BCUT2D eigenvalue weighted by Crippen LogP contribution is -2.51. The highest BCUT2D eigenvalue weighted by Gasteiger charge is 2.39. The van der Waals surface area contributed by atoms with Crippen molar-refractivity contribution in [3.63, 3.8) is 0 Å². The molecule has 0 bridgehead atoms. The average molecular weight is 655 g/mol. The zero-order chi connectivity index (χ0) is 30.9. The summed E-state index contributed by atoms with van der Waals surface area (Å²) in [5.41, 5.74) is 1.44. The summed E-state index contributed by atoms with van der Waals surface area (Å²) in [6.45, 7) is 4.65. The second kappa shape index (κ2) is 13.8. The van der Waals surface area contributed by atoms with Gasteiger partial charge in [-0.25, -0.2) is 8.42 Å². The highest BCUT2D eigenvalue weighted by atomic mass is 35.5. The molecule has 1 unspecified atom stereocenters. The van der Waals surface area contributed by atoms with Gasteiger partial charge in [-0.05, 0) is 96.4 Å². The molecule has 1 saturated heterocycles. The normalized spacial score (nSPS) is 24.3. The maximum atomic E-state index is 14.0. The van der Waals surface area contributed by atoms with Crippen molar-refractivity contribution in [2.75, 3.05) is 54.0 Å². The maximum Gasteiger partial charge on any atom is 0.248 e. The monoisotopic (exact) mass is 653 g/mol. The third-order valence-corrected chi connectivity index (χ3v) is 12.8. The van der Waals surface area contributed by atoms with Gasteiger partial charge in [0.1, 0.15) is 11.5 Å². The molecule has 1 amide bonds. The van der Waals surface area contributed by atoms with E-state index < -0.39 is 16.1 Å². The maximum absolute atomic E-state index is 14.0. The Morgan fingerprint density at radius 3 is 2.47 bits per heavy atom. The fourth-order valence-electron chi connectivity index (χ4n) is 7.04. The van der Waals surface area contributed by atoms with E-state index in [-0.39, 0.29) is 46.6 Å². The molecule has 0 N–H and O–H groups in total. The molecule has 0 radical (unpaired) electrons. The van der Waals surface area contributed by atoms with Gasteiger partial charge in [0.2, 0.25) is 15.9 Å². The highest BCUT2D eigenvalue weighted by Crippen LogP contribution is 2.39. The van der Waals surface area contributed by atoms with Gasteiger partial charge in [-0.15, -0.1) is 0 Å². The summed E-state index contributed by atoms with van der Waals surface area (Å²) in [6, 6.07) is 7.77. The number of likely N-dealkylation sites (N-methyl/N-ethyl adjacent to an activating group) is 1. The van der Waals surface area contributed by atoms with Crippen LogP contribution in [0.1, 0.15) is 55.8 Å². The van der Waals surface area contributed by atoms with Gasteiger partial charge in [-0.1, -0.05) is 29.3 Å². The number of carbonyl (C=O) groups is 1. The summed E-state index contributed by atoms with van der Waals surface area (Å²) in [5.74, 6) is -0.0812. The van der Waals surface area contributed by atoms with Gasteiger partial charge in [0, 0.05) is 50.2 Å². The molecule has 0 spiro atoms. The Morgan fingerprint density at radius 1 is 1.00 bits per heavy atom. The van der Waals surface area contributed by atoms with Crippen molar-refractivity contribution in [2.45, 2.75) is 81.1 Å². The van der Waals surface area contributed by atoms with Crippen LogP contribution < -0.4 is 0 Å². The van der Waals surface area contributed by atoms with E-state index in [9.17, 15) is 13.2 Å². The number of aryl methyl sites for hydroxylation is 1. The lowest BCUT2D eigenvalue weighted by Gasteiger charge is -2.44. The van der Waals surface area contributed by atoms with Crippen LogP contribution in [0, 0.1) is 6.92 Å². The number of amides is 1. The van der Waals surface area contributed by atoms with Gasteiger partial charge in [0.15, 0.2) is 0 Å². The fourth-order valence-corrected chi connectivity index (χ4v) is 9.75. The van der Waals surface area contributed by atoms with E-state index in [4.69, 9.17) is 27.9 Å². The fraction of sp³-hybridized carbons (Fsp3) is 0.645. The van der Waals surface area contributed by atoms with Gasteiger partial charge in [-0.2, -0.15) is 4.31 Å². The predicted molar refractivity (Wildman–Crippen MR) is 170 cm³/mol. The topological polar surface area (TPSA) is 78.3 Å². The molecule has 1 aromatic carbocycles. The van der Waals surface area contributed by atoms with E-state index in [0.717, 1.165) is 38.0 Å². The molecule has 3 aliphatic rings. The molecule has 238 valence electrons. The third-order valence-electron chi connectivity index (χ3n) is 9.73. The Kier molecular flexibility index (Phi) is 10.5. The Balaban J connectivity index is 1.22. The smallest absolute Gasteiger partial charge is 0.248 e. The van der Waals surface area contributed by atoms with Crippen LogP contribution >= 0.6 is 23.2 Å². The van der Waals surface area contributed by atoms with E-state index in [1.54, 1.807) is 19.1 Å². The SMILES string of the molecule is Cc1ccc(Cl)c(S(=O)(=O)N2CCn3cccc3C2COCC(=O)N(C)[C@@H]2CCC[C@H](N3CCC(N(C)C)CC3)C2)c1Cl. The highest BCUT2D eigenvalue weighted by molar-refractivity contribution is 7.89. The predicted octanol–water partition coefficient (Wildman–Crippen LogP) is 4.66. The lowest BCUT2D eigenvalue weighted by molar-refractivity contribution is -0.138. The summed E-state index contributed by atoms with van der Waals surface area (Å²) in [6.07, 6.45) is 8.58. The number of likely N-dealkylation sites (tertiary alicyclic amines) is 1. The molecule has 5 rings (SSSR count). The number of nitrogens with zero attached hydrogens (tertiary/aromatic N) is 5. The first-order valence-corrected chi connectivity index (χ1v) is 17.5. The van der Waals surface area contributed by atoms with E-state index in [0.29, 0.717) is 24.2 Å². The Labute approximate surface area is 266 Å². The van der Waals surface area contributed by atoms with E-state index in [2.05, 4.69) is 23.9 Å². The molecular weight excluding hydrogens is 609 g/mol. The first kappa shape index (κ1) is 32.7. The summed E-state index contributed by atoms with van der Waals surface area (Å²) < 4.78 is 37.4. The number of sulfonamides is 1. The summed E-state index contributed by atoms with van der Waals surface area (Å²) in [4.78, 5) is 20.0. The molecule has 1 aromatic heterocycles. The van der Waals surface area contributed by atoms with Crippen LogP contribution in [0.25, 0.3) is 0 Å². The molecule has 2 aliphatic heterocycles. The molecule has 12 heteroatoms.